The summed E-state index contributed by atoms with van der Waals surface area (Å²) in [5.41, 5.74) is 8.12. The summed E-state index contributed by atoms with van der Waals surface area (Å²) >= 11 is 0. The van der Waals surface area contributed by atoms with E-state index in [1.165, 1.54) is 17.7 Å². The Hall–Kier alpha value is -1.09. The quantitative estimate of drug-likeness (QED) is 0.763. The summed E-state index contributed by atoms with van der Waals surface area (Å²) in [6.45, 7) is 5.08. The Morgan fingerprint density at radius 1 is 1.57 bits per heavy atom. The van der Waals surface area contributed by atoms with E-state index in [1.54, 1.807) is 0 Å². The maximum atomic E-state index is 5.66. The molecule has 1 aliphatic heterocycles. The molecule has 3 nitrogen and oxygen atoms in total. The highest BCUT2D eigenvalue weighted by molar-refractivity contribution is 5.46. The average molecular weight is 191 g/mol. The predicted octanol–water partition coefficient (Wildman–Crippen LogP) is 1.18. The minimum atomic E-state index is 0.663. The van der Waals surface area contributed by atoms with Gasteiger partial charge in [0.15, 0.2) is 0 Å². The van der Waals surface area contributed by atoms with Crippen molar-refractivity contribution in [2.75, 3.05) is 24.5 Å². The van der Waals surface area contributed by atoms with Crippen LogP contribution >= 0.6 is 0 Å². The lowest BCUT2D eigenvalue weighted by Crippen LogP contribution is -2.22. The number of hydrogen-bond acceptors (Lipinski definition) is 3. The third kappa shape index (κ3) is 1.87. The number of aromatic nitrogens is 1. The zero-order chi connectivity index (χ0) is 9.97. The molecular formula is C11H17N3. The van der Waals surface area contributed by atoms with E-state index in [-0.39, 0.29) is 0 Å². The van der Waals surface area contributed by atoms with Gasteiger partial charge in [-0.3, -0.25) is 4.98 Å². The van der Waals surface area contributed by atoms with Gasteiger partial charge in [0.2, 0.25) is 0 Å². The first-order chi connectivity index (χ1) is 6.79. The van der Waals surface area contributed by atoms with Crippen molar-refractivity contribution >= 4 is 5.69 Å². The monoisotopic (exact) mass is 191 g/mol. The summed E-state index contributed by atoms with van der Waals surface area (Å²) in [7, 11) is 0. The van der Waals surface area contributed by atoms with Crippen molar-refractivity contribution in [2.24, 2.45) is 11.7 Å². The summed E-state index contributed by atoms with van der Waals surface area (Å²) in [6.07, 6.45) is 5.04. The van der Waals surface area contributed by atoms with Gasteiger partial charge in [-0.2, -0.15) is 0 Å². The molecule has 1 saturated heterocycles. The van der Waals surface area contributed by atoms with Gasteiger partial charge in [-0.05, 0) is 37.4 Å². The van der Waals surface area contributed by atoms with Gasteiger partial charge in [0, 0.05) is 19.3 Å². The van der Waals surface area contributed by atoms with E-state index in [2.05, 4.69) is 22.9 Å². The van der Waals surface area contributed by atoms with Gasteiger partial charge < -0.3 is 10.6 Å². The maximum absolute atomic E-state index is 5.66. The van der Waals surface area contributed by atoms with Crippen molar-refractivity contribution in [3.05, 3.63) is 24.0 Å². The second-order valence-corrected chi connectivity index (χ2v) is 4.06. The van der Waals surface area contributed by atoms with Gasteiger partial charge >= 0.3 is 0 Å². The van der Waals surface area contributed by atoms with Crippen LogP contribution < -0.4 is 10.6 Å². The van der Waals surface area contributed by atoms with Crippen molar-refractivity contribution in [3.8, 4) is 0 Å². The smallest absolute Gasteiger partial charge is 0.0555 e. The summed E-state index contributed by atoms with van der Waals surface area (Å²) in [5, 5.41) is 0. The number of nitrogens with two attached hydrogens (primary N) is 1. The molecule has 2 rings (SSSR count). The molecule has 1 atom stereocenters. The van der Waals surface area contributed by atoms with E-state index in [0.29, 0.717) is 5.92 Å². The first kappa shape index (κ1) is 9.46. The minimum Gasteiger partial charge on any atom is -0.370 e. The number of hydrogen-bond donors (Lipinski definition) is 1. The van der Waals surface area contributed by atoms with Crippen molar-refractivity contribution in [3.63, 3.8) is 0 Å². The lowest BCUT2D eigenvalue weighted by Gasteiger charge is -2.18. The van der Waals surface area contributed by atoms with Gasteiger partial charge in [0.25, 0.3) is 0 Å². The molecule has 76 valence electrons. The van der Waals surface area contributed by atoms with E-state index in [4.69, 9.17) is 5.73 Å². The van der Waals surface area contributed by atoms with Crippen LogP contribution in [-0.2, 0) is 0 Å². The van der Waals surface area contributed by atoms with E-state index in [9.17, 15) is 0 Å². The Morgan fingerprint density at radius 3 is 3.07 bits per heavy atom. The van der Waals surface area contributed by atoms with Crippen LogP contribution in [0.4, 0.5) is 5.69 Å². The summed E-state index contributed by atoms with van der Waals surface area (Å²) < 4.78 is 0. The largest absolute Gasteiger partial charge is 0.370 e. The molecule has 0 amide bonds. The molecule has 0 bridgehead atoms. The predicted molar refractivity (Wildman–Crippen MR) is 58.3 cm³/mol. The van der Waals surface area contributed by atoms with Crippen LogP contribution in [0.5, 0.6) is 0 Å². The molecule has 2 heterocycles. The molecule has 1 fully saturated rings. The van der Waals surface area contributed by atoms with Gasteiger partial charge in [0.1, 0.15) is 0 Å². The molecule has 0 saturated carbocycles. The van der Waals surface area contributed by atoms with Crippen molar-refractivity contribution in [2.45, 2.75) is 13.3 Å². The fourth-order valence-corrected chi connectivity index (χ4v) is 1.97. The number of pyridine rings is 1. The molecule has 0 radical (unpaired) electrons. The van der Waals surface area contributed by atoms with E-state index >= 15 is 0 Å². The molecule has 1 aromatic heterocycles. The van der Waals surface area contributed by atoms with Crippen LogP contribution in [-0.4, -0.2) is 24.6 Å². The molecular weight excluding hydrogens is 174 g/mol. The molecule has 1 unspecified atom stereocenters. The molecule has 0 aromatic carbocycles. The third-order valence-electron chi connectivity index (χ3n) is 2.84. The molecule has 3 heteroatoms. The van der Waals surface area contributed by atoms with Crippen LogP contribution in [0, 0.1) is 12.8 Å². The third-order valence-corrected chi connectivity index (χ3v) is 2.84. The van der Waals surface area contributed by atoms with Crippen LogP contribution in [0.2, 0.25) is 0 Å². The van der Waals surface area contributed by atoms with E-state index < -0.39 is 0 Å². The molecule has 0 aliphatic carbocycles. The Kier molecular flexibility index (Phi) is 2.68. The van der Waals surface area contributed by atoms with Gasteiger partial charge in [-0.15, -0.1) is 0 Å². The number of anilines is 1. The SMILES string of the molecule is Cc1cncc(N2CCC(CN)C2)c1. The fourth-order valence-electron chi connectivity index (χ4n) is 1.97. The Bertz CT molecular complexity index is 311. The normalized spacial score (nSPS) is 21.6. The highest BCUT2D eigenvalue weighted by atomic mass is 15.2. The topological polar surface area (TPSA) is 42.2 Å². The number of rotatable bonds is 2. The average Bonchev–Trinajstić information content (AvgIpc) is 2.66. The molecule has 1 aliphatic rings. The summed E-state index contributed by atoms with van der Waals surface area (Å²) in [5.74, 6) is 0.663. The first-order valence-electron chi connectivity index (χ1n) is 5.16. The van der Waals surface area contributed by atoms with Crippen LogP contribution in [0.15, 0.2) is 18.5 Å². The van der Waals surface area contributed by atoms with Crippen molar-refractivity contribution in [1.82, 2.24) is 4.98 Å². The van der Waals surface area contributed by atoms with Gasteiger partial charge in [-0.1, -0.05) is 0 Å². The van der Waals surface area contributed by atoms with Crippen molar-refractivity contribution < 1.29 is 0 Å². The highest BCUT2D eigenvalue weighted by Crippen LogP contribution is 2.22. The summed E-state index contributed by atoms with van der Waals surface area (Å²) in [4.78, 5) is 6.58. The Labute approximate surface area is 84.9 Å². The molecule has 1 aromatic rings. The lowest BCUT2D eigenvalue weighted by molar-refractivity contribution is 0.602. The number of aryl methyl sites for hydroxylation is 1. The Morgan fingerprint density at radius 2 is 2.43 bits per heavy atom. The van der Waals surface area contributed by atoms with Crippen LogP contribution in [0.3, 0.4) is 0 Å². The second-order valence-electron chi connectivity index (χ2n) is 4.06. The van der Waals surface area contributed by atoms with E-state index in [0.717, 1.165) is 19.6 Å². The zero-order valence-electron chi connectivity index (χ0n) is 8.61. The second kappa shape index (κ2) is 3.96. The van der Waals surface area contributed by atoms with E-state index in [1.807, 2.05) is 12.4 Å². The Balaban J connectivity index is 2.09. The fraction of sp³-hybridized carbons (Fsp3) is 0.545. The lowest BCUT2D eigenvalue weighted by atomic mass is 10.1. The highest BCUT2D eigenvalue weighted by Gasteiger charge is 2.21. The standard InChI is InChI=1S/C11H17N3/c1-9-4-11(7-13-6-9)14-3-2-10(5-12)8-14/h4,6-7,10H,2-3,5,8,12H2,1H3. The maximum Gasteiger partial charge on any atom is 0.0555 e. The first-order valence-corrected chi connectivity index (χ1v) is 5.16. The molecule has 14 heavy (non-hydrogen) atoms. The summed E-state index contributed by atoms with van der Waals surface area (Å²) in [6, 6.07) is 2.19. The number of nitrogens with zero attached hydrogens (tertiary/aromatic N) is 2. The van der Waals surface area contributed by atoms with Gasteiger partial charge in [0.05, 0.1) is 11.9 Å². The van der Waals surface area contributed by atoms with Crippen molar-refractivity contribution in [1.29, 1.82) is 0 Å². The zero-order valence-corrected chi connectivity index (χ0v) is 8.61. The molecule has 2 N–H and O–H groups in total. The molecule has 0 spiro atoms. The van der Waals surface area contributed by atoms with Crippen LogP contribution in [0.25, 0.3) is 0 Å². The minimum absolute atomic E-state index is 0.663. The van der Waals surface area contributed by atoms with Crippen LogP contribution in [0.1, 0.15) is 12.0 Å². The van der Waals surface area contributed by atoms with Gasteiger partial charge in [-0.25, -0.2) is 0 Å².